The molecule has 1 N–H and O–H groups in total. The van der Waals surface area contributed by atoms with E-state index in [1.807, 2.05) is 4.90 Å². The third kappa shape index (κ3) is 2.42. The molecular formula is C15H22N4O3. The molecule has 7 heteroatoms. The van der Waals surface area contributed by atoms with Crippen molar-refractivity contribution in [3.63, 3.8) is 0 Å². The molecule has 0 saturated carbocycles. The van der Waals surface area contributed by atoms with Crippen LogP contribution >= 0.6 is 0 Å². The molecule has 0 radical (unpaired) electrons. The standard InChI is InChI=1S/C15H22N4O3/c20-15(10-3-1-4-11-14(10)17-18-16-11)19-6-8-21-9-12(19)13-5-2-7-22-13/h10,12-13H,1-9H2,(H,16,17,18). The lowest BCUT2D eigenvalue weighted by molar-refractivity contribution is -0.147. The topological polar surface area (TPSA) is 80.3 Å². The highest BCUT2D eigenvalue weighted by Gasteiger charge is 2.40. The summed E-state index contributed by atoms with van der Waals surface area (Å²) in [7, 11) is 0. The molecule has 3 unspecified atom stereocenters. The Bertz CT molecular complexity index is 541. The lowest BCUT2D eigenvalue weighted by Gasteiger charge is -2.40. The van der Waals surface area contributed by atoms with Crippen LogP contribution < -0.4 is 0 Å². The molecule has 1 amide bonds. The molecule has 0 aromatic carbocycles. The van der Waals surface area contributed by atoms with Gasteiger partial charge in [-0.2, -0.15) is 15.4 Å². The van der Waals surface area contributed by atoms with Gasteiger partial charge in [-0.3, -0.25) is 4.79 Å². The third-order valence-corrected chi connectivity index (χ3v) is 5.03. The number of fused-ring (bicyclic) bond motifs is 1. The van der Waals surface area contributed by atoms with Crippen molar-refractivity contribution in [2.45, 2.75) is 50.2 Å². The minimum absolute atomic E-state index is 0.0426. The summed E-state index contributed by atoms with van der Waals surface area (Å²) >= 11 is 0. The van der Waals surface area contributed by atoms with E-state index < -0.39 is 0 Å². The lowest BCUT2D eigenvalue weighted by Crippen LogP contribution is -2.55. The van der Waals surface area contributed by atoms with Gasteiger partial charge in [-0.25, -0.2) is 0 Å². The van der Waals surface area contributed by atoms with Gasteiger partial charge < -0.3 is 14.4 Å². The van der Waals surface area contributed by atoms with Crippen molar-refractivity contribution in [1.82, 2.24) is 20.3 Å². The molecule has 0 bridgehead atoms. The second kappa shape index (κ2) is 5.96. The quantitative estimate of drug-likeness (QED) is 0.867. The fourth-order valence-electron chi connectivity index (χ4n) is 3.89. The third-order valence-electron chi connectivity index (χ3n) is 5.03. The Hall–Kier alpha value is -1.47. The molecule has 120 valence electrons. The van der Waals surface area contributed by atoms with E-state index in [0.29, 0.717) is 19.8 Å². The van der Waals surface area contributed by atoms with Crippen LogP contribution in [0.4, 0.5) is 0 Å². The van der Waals surface area contributed by atoms with Crippen LogP contribution in [0.5, 0.6) is 0 Å². The van der Waals surface area contributed by atoms with Crippen LogP contribution in [0.3, 0.4) is 0 Å². The van der Waals surface area contributed by atoms with Gasteiger partial charge in [-0.05, 0) is 32.1 Å². The first-order valence-electron chi connectivity index (χ1n) is 8.24. The van der Waals surface area contributed by atoms with Gasteiger partial charge in [-0.15, -0.1) is 0 Å². The molecule has 2 saturated heterocycles. The number of aromatic amines is 1. The summed E-state index contributed by atoms with van der Waals surface area (Å²) in [6.45, 7) is 2.62. The Morgan fingerprint density at radius 3 is 3.05 bits per heavy atom. The van der Waals surface area contributed by atoms with Gasteiger partial charge >= 0.3 is 0 Å². The minimum Gasteiger partial charge on any atom is -0.377 e. The molecular weight excluding hydrogens is 284 g/mol. The zero-order chi connectivity index (χ0) is 14.9. The van der Waals surface area contributed by atoms with E-state index in [4.69, 9.17) is 9.47 Å². The first kappa shape index (κ1) is 14.1. The summed E-state index contributed by atoms with van der Waals surface area (Å²) in [6, 6.07) is 0.0426. The van der Waals surface area contributed by atoms with Gasteiger partial charge in [0.25, 0.3) is 0 Å². The molecule has 2 fully saturated rings. The van der Waals surface area contributed by atoms with Crippen molar-refractivity contribution in [2.24, 2.45) is 0 Å². The number of H-pyrrole nitrogens is 1. The van der Waals surface area contributed by atoms with Crippen LogP contribution in [0, 0.1) is 0 Å². The molecule has 3 heterocycles. The maximum Gasteiger partial charge on any atom is 0.232 e. The van der Waals surface area contributed by atoms with Crippen molar-refractivity contribution in [2.75, 3.05) is 26.4 Å². The molecule has 1 aromatic heterocycles. The summed E-state index contributed by atoms with van der Waals surface area (Å²) in [4.78, 5) is 15.1. The van der Waals surface area contributed by atoms with Crippen LogP contribution in [0.15, 0.2) is 0 Å². The normalized spacial score (nSPS) is 32.0. The molecule has 1 aliphatic carbocycles. The first-order chi connectivity index (χ1) is 10.8. The summed E-state index contributed by atoms with van der Waals surface area (Å²) in [6.07, 6.45) is 4.95. The van der Waals surface area contributed by atoms with Crippen molar-refractivity contribution in [3.8, 4) is 0 Å². The summed E-state index contributed by atoms with van der Waals surface area (Å²) in [5.41, 5.74) is 1.79. The summed E-state index contributed by atoms with van der Waals surface area (Å²) in [5.74, 6) is 0.00292. The SMILES string of the molecule is O=C(C1CCCc2n[nH]nc21)N1CCOCC1C1CCCO1. The Balaban J connectivity index is 1.56. The summed E-state index contributed by atoms with van der Waals surface area (Å²) in [5, 5.41) is 11.1. The van der Waals surface area contributed by atoms with Gasteiger partial charge in [0.1, 0.15) is 0 Å². The molecule has 3 aliphatic rings. The molecule has 0 spiro atoms. The molecule has 22 heavy (non-hydrogen) atoms. The Kier molecular flexibility index (Phi) is 3.83. The number of aryl methyl sites for hydroxylation is 1. The fraction of sp³-hybridized carbons (Fsp3) is 0.800. The van der Waals surface area contributed by atoms with Crippen LogP contribution in [0.25, 0.3) is 0 Å². The van der Waals surface area contributed by atoms with Crippen LogP contribution in [-0.2, 0) is 20.7 Å². The van der Waals surface area contributed by atoms with E-state index in [9.17, 15) is 4.79 Å². The van der Waals surface area contributed by atoms with Gasteiger partial charge in [0.2, 0.25) is 5.91 Å². The molecule has 7 nitrogen and oxygen atoms in total. The molecule has 1 aromatic rings. The number of rotatable bonds is 2. The Morgan fingerprint density at radius 2 is 2.18 bits per heavy atom. The summed E-state index contributed by atoms with van der Waals surface area (Å²) < 4.78 is 11.4. The largest absolute Gasteiger partial charge is 0.377 e. The smallest absolute Gasteiger partial charge is 0.232 e. The van der Waals surface area contributed by atoms with Crippen molar-refractivity contribution >= 4 is 5.91 Å². The van der Waals surface area contributed by atoms with Gasteiger partial charge in [0, 0.05) is 13.2 Å². The number of nitrogens with zero attached hydrogens (tertiary/aromatic N) is 3. The maximum atomic E-state index is 13.1. The van der Waals surface area contributed by atoms with E-state index >= 15 is 0 Å². The van der Waals surface area contributed by atoms with E-state index in [1.165, 1.54) is 0 Å². The number of hydrogen-bond donors (Lipinski definition) is 1. The van der Waals surface area contributed by atoms with E-state index in [1.54, 1.807) is 0 Å². The van der Waals surface area contributed by atoms with Crippen molar-refractivity contribution in [1.29, 1.82) is 0 Å². The Morgan fingerprint density at radius 1 is 1.23 bits per heavy atom. The number of ether oxygens (including phenoxy) is 2. The predicted octanol–water partition coefficient (Wildman–Crippen LogP) is 0.631. The van der Waals surface area contributed by atoms with Gasteiger partial charge in [-0.1, -0.05) is 0 Å². The number of hydrogen-bond acceptors (Lipinski definition) is 5. The fourth-order valence-corrected chi connectivity index (χ4v) is 3.89. The maximum absolute atomic E-state index is 13.1. The minimum atomic E-state index is -0.162. The highest BCUT2D eigenvalue weighted by molar-refractivity contribution is 5.84. The van der Waals surface area contributed by atoms with E-state index in [0.717, 1.165) is 50.1 Å². The van der Waals surface area contributed by atoms with E-state index in [2.05, 4.69) is 15.4 Å². The average molecular weight is 306 g/mol. The Labute approximate surface area is 129 Å². The molecule has 4 rings (SSSR count). The van der Waals surface area contributed by atoms with E-state index in [-0.39, 0.29) is 24.0 Å². The molecule has 2 aliphatic heterocycles. The lowest BCUT2D eigenvalue weighted by atomic mass is 9.88. The highest BCUT2D eigenvalue weighted by atomic mass is 16.5. The monoisotopic (exact) mass is 306 g/mol. The van der Waals surface area contributed by atoms with Crippen molar-refractivity contribution < 1.29 is 14.3 Å². The number of amides is 1. The number of aromatic nitrogens is 3. The average Bonchev–Trinajstić information content (AvgIpc) is 3.25. The second-order valence-electron chi connectivity index (χ2n) is 6.33. The number of carbonyl (C=O) groups excluding carboxylic acids is 1. The van der Waals surface area contributed by atoms with Gasteiger partial charge in [0.05, 0.1) is 42.7 Å². The van der Waals surface area contributed by atoms with Crippen molar-refractivity contribution in [3.05, 3.63) is 11.4 Å². The van der Waals surface area contributed by atoms with Crippen LogP contribution in [-0.4, -0.2) is 64.7 Å². The molecule has 3 atom stereocenters. The predicted molar refractivity (Wildman–Crippen MR) is 77.4 cm³/mol. The highest BCUT2D eigenvalue weighted by Crippen LogP contribution is 2.32. The number of nitrogens with one attached hydrogen (secondary N) is 1. The van der Waals surface area contributed by atoms with Crippen LogP contribution in [0.1, 0.15) is 43.0 Å². The van der Waals surface area contributed by atoms with Crippen LogP contribution in [0.2, 0.25) is 0 Å². The first-order valence-corrected chi connectivity index (χ1v) is 8.24. The van der Waals surface area contributed by atoms with Gasteiger partial charge in [0.15, 0.2) is 0 Å². The zero-order valence-electron chi connectivity index (χ0n) is 12.7. The second-order valence-corrected chi connectivity index (χ2v) is 6.33. The number of morpholine rings is 1. The number of carbonyl (C=O) groups is 1. The zero-order valence-corrected chi connectivity index (χ0v) is 12.7.